The van der Waals surface area contributed by atoms with Gasteiger partial charge in [0.25, 0.3) is 0 Å². The summed E-state index contributed by atoms with van der Waals surface area (Å²) in [6, 6.07) is 18.2. The van der Waals surface area contributed by atoms with E-state index in [9.17, 15) is 9.59 Å². The zero-order valence-electron chi connectivity index (χ0n) is 16.2. The van der Waals surface area contributed by atoms with Crippen LogP contribution in [-0.2, 0) is 22.4 Å². The second kappa shape index (κ2) is 8.38. The van der Waals surface area contributed by atoms with Gasteiger partial charge in [0.15, 0.2) is 0 Å². The molecule has 3 rings (SSSR count). The first-order chi connectivity index (χ1) is 13.0. The molecule has 4 heteroatoms. The van der Waals surface area contributed by atoms with Crippen LogP contribution < -0.4 is 10.2 Å². The molecule has 0 atom stereocenters. The van der Waals surface area contributed by atoms with E-state index in [1.807, 2.05) is 36.4 Å². The fraction of sp³-hybridized carbons (Fsp3) is 0.391. The number of hydrogen-bond acceptors (Lipinski definition) is 2. The second-order valence-corrected chi connectivity index (χ2v) is 7.66. The predicted molar refractivity (Wildman–Crippen MR) is 109 cm³/mol. The molecule has 0 unspecified atom stereocenters. The van der Waals surface area contributed by atoms with Gasteiger partial charge in [0.1, 0.15) is 5.41 Å². The maximum Gasteiger partial charge on any atom is 0.242 e. The number of nitrogens with one attached hydrogen (secondary N) is 1. The number of anilines is 1. The van der Waals surface area contributed by atoms with Gasteiger partial charge < -0.3 is 10.2 Å². The Morgan fingerprint density at radius 3 is 2.52 bits per heavy atom. The molecule has 1 heterocycles. The Bertz CT molecular complexity index is 799. The van der Waals surface area contributed by atoms with Crippen LogP contribution in [0.5, 0.6) is 0 Å². The quantitative estimate of drug-likeness (QED) is 0.627. The molecule has 2 amide bonds. The molecule has 0 saturated heterocycles. The number of fused-ring (bicyclic) bond motifs is 1. The van der Waals surface area contributed by atoms with Crippen molar-refractivity contribution in [2.75, 3.05) is 18.0 Å². The van der Waals surface area contributed by atoms with Crippen molar-refractivity contribution >= 4 is 17.5 Å². The number of benzene rings is 2. The largest absolute Gasteiger partial charge is 0.355 e. The molecule has 0 aromatic heterocycles. The molecule has 0 fully saturated rings. The normalized spacial score (nSPS) is 13.8. The SMILES string of the molecule is CC(C)(C(=O)NCCCc1ccccc1)C(=O)N1CCCc2ccccc21. The average Bonchev–Trinajstić information content (AvgIpc) is 2.70. The summed E-state index contributed by atoms with van der Waals surface area (Å²) in [6.07, 6.45) is 3.67. The summed E-state index contributed by atoms with van der Waals surface area (Å²) >= 11 is 0. The smallest absolute Gasteiger partial charge is 0.242 e. The Morgan fingerprint density at radius 2 is 1.74 bits per heavy atom. The molecule has 0 aliphatic carbocycles. The number of hydrogen-bond donors (Lipinski definition) is 1. The third-order valence-corrected chi connectivity index (χ3v) is 5.23. The molecule has 2 aromatic rings. The number of aryl methyl sites for hydroxylation is 2. The summed E-state index contributed by atoms with van der Waals surface area (Å²) in [6.45, 7) is 4.68. The van der Waals surface area contributed by atoms with Crippen LogP contribution in [0.3, 0.4) is 0 Å². The van der Waals surface area contributed by atoms with Crippen molar-refractivity contribution in [3.05, 3.63) is 65.7 Å². The van der Waals surface area contributed by atoms with Gasteiger partial charge in [0.2, 0.25) is 11.8 Å². The zero-order valence-corrected chi connectivity index (χ0v) is 16.2. The number of nitrogens with zero attached hydrogens (tertiary/aromatic N) is 1. The molecule has 0 spiro atoms. The van der Waals surface area contributed by atoms with Crippen LogP contribution in [0.2, 0.25) is 0 Å². The summed E-state index contributed by atoms with van der Waals surface area (Å²) in [4.78, 5) is 27.6. The van der Waals surface area contributed by atoms with Crippen molar-refractivity contribution in [3.8, 4) is 0 Å². The fourth-order valence-corrected chi connectivity index (χ4v) is 3.54. The molecule has 1 N–H and O–H groups in total. The van der Waals surface area contributed by atoms with Crippen molar-refractivity contribution in [1.82, 2.24) is 5.32 Å². The van der Waals surface area contributed by atoms with E-state index in [2.05, 4.69) is 23.5 Å². The molecular formula is C23H28N2O2. The van der Waals surface area contributed by atoms with Crippen LogP contribution in [0.1, 0.15) is 37.8 Å². The van der Waals surface area contributed by atoms with Gasteiger partial charge in [-0.2, -0.15) is 0 Å². The fourth-order valence-electron chi connectivity index (χ4n) is 3.54. The number of carbonyl (C=O) groups excluding carboxylic acids is 2. The minimum atomic E-state index is -1.09. The topological polar surface area (TPSA) is 49.4 Å². The van der Waals surface area contributed by atoms with Crippen molar-refractivity contribution in [2.45, 2.75) is 39.5 Å². The lowest BCUT2D eigenvalue weighted by Gasteiger charge is -2.35. The summed E-state index contributed by atoms with van der Waals surface area (Å²) in [5.74, 6) is -0.334. The van der Waals surface area contributed by atoms with Gasteiger partial charge in [0, 0.05) is 18.8 Å². The van der Waals surface area contributed by atoms with E-state index >= 15 is 0 Å². The van der Waals surface area contributed by atoms with Crippen LogP contribution in [0.25, 0.3) is 0 Å². The maximum atomic E-state index is 13.1. The molecule has 0 radical (unpaired) electrons. The lowest BCUT2D eigenvalue weighted by Crippen LogP contribution is -2.51. The zero-order chi connectivity index (χ0) is 19.3. The van der Waals surface area contributed by atoms with E-state index in [0.29, 0.717) is 13.1 Å². The Morgan fingerprint density at radius 1 is 1.04 bits per heavy atom. The number of carbonyl (C=O) groups is 2. The first kappa shape index (κ1) is 19.2. The number of rotatable bonds is 6. The van der Waals surface area contributed by atoms with E-state index in [-0.39, 0.29) is 11.8 Å². The highest BCUT2D eigenvalue weighted by Gasteiger charge is 2.40. The average molecular weight is 364 g/mol. The van der Waals surface area contributed by atoms with E-state index < -0.39 is 5.41 Å². The van der Waals surface area contributed by atoms with Gasteiger partial charge in [-0.3, -0.25) is 9.59 Å². The Labute approximate surface area is 161 Å². The van der Waals surface area contributed by atoms with Gasteiger partial charge in [0.05, 0.1) is 0 Å². The highest BCUT2D eigenvalue weighted by Crippen LogP contribution is 2.31. The lowest BCUT2D eigenvalue weighted by molar-refractivity contribution is -0.139. The molecule has 1 aliphatic heterocycles. The van der Waals surface area contributed by atoms with Crippen LogP contribution in [-0.4, -0.2) is 24.9 Å². The lowest BCUT2D eigenvalue weighted by atomic mass is 9.88. The monoisotopic (exact) mass is 364 g/mol. The van der Waals surface area contributed by atoms with E-state index in [4.69, 9.17) is 0 Å². The minimum Gasteiger partial charge on any atom is -0.355 e. The maximum absolute atomic E-state index is 13.1. The third-order valence-electron chi connectivity index (χ3n) is 5.23. The van der Waals surface area contributed by atoms with Crippen molar-refractivity contribution in [3.63, 3.8) is 0 Å². The van der Waals surface area contributed by atoms with Crippen LogP contribution in [0.15, 0.2) is 54.6 Å². The first-order valence-electron chi connectivity index (χ1n) is 9.72. The van der Waals surface area contributed by atoms with Gasteiger partial charge >= 0.3 is 0 Å². The molecule has 142 valence electrons. The molecule has 4 nitrogen and oxygen atoms in total. The molecule has 27 heavy (non-hydrogen) atoms. The second-order valence-electron chi connectivity index (χ2n) is 7.66. The van der Waals surface area contributed by atoms with Gasteiger partial charge in [-0.05, 0) is 56.7 Å². The molecule has 0 saturated carbocycles. The van der Waals surface area contributed by atoms with E-state index in [1.54, 1.807) is 18.7 Å². The predicted octanol–water partition coefficient (Wildman–Crippen LogP) is 3.74. The Balaban J connectivity index is 1.58. The Hall–Kier alpha value is -2.62. The highest BCUT2D eigenvalue weighted by atomic mass is 16.2. The summed E-state index contributed by atoms with van der Waals surface area (Å²) in [5.41, 5.74) is 2.29. The van der Waals surface area contributed by atoms with Crippen molar-refractivity contribution in [2.24, 2.45) is 5.41 Å². The molecule has 0 bridgehead atoms. The number of amides is 2. The van der Waals surface area contributed by atoms with E-state index in [0.717, 1.165) is 31.4 Å². The first-order valence-corrected chi connectivity index (χ1v) is 9.72. The van der Waals surface area contributed by atoms with Crippen LogP contribution in [0.4, 0.5) is 5.69 Å². The van der Waals surface area contributed by atoms with Gasteiger partial charge in [-0.15, -0.1) is 0 Å². The van der Waals surface area contributed by atoms with E-state index in [1.165, 1.54) is 11.1 Å². The van der Waals surface area contributed by atoms with Crippen molar-refractivity contribution in [1.29, 1.82) is 0 Å². The summed E-state index contributed by atoms with van der Waals surface area (Å²) in [5, 5.41) is 2.95. The molecular weight excluding hydrogens is 336 g/mol. The standard InChI is InChI=1S/C23H28N2O2/c1-23(2,21(26)24-16-8-12-18-10-4-3-5-11-18)22(27)25-17-9-14-19-13-6-7-15-20(19)25/h3-7,10-11,13,15H,8-9,12,14,16-17H2,1-2H3,(H,24,26). The minimum absolute atomic E-state index is 0.129. The van der Waals surface area contributed by atoms with Crippen LogP contribution >= 0.6 is 0 Å². The van der Waals surface area contributed by atoms with Crippen LogP contribution in [0, 0.1) is 5.41 Å². The molecule has 2 aromatic carbocycles. The summed E-state index contributed by atoms with van der Waals surface area (Å²) in [7, 11) is 0. The van der Waals surface area contributed by atoms with Gasteiger partial charge in [-0.1, -0.05) is 48.5 Å². The Kier molecular flexibility index (Phi) is 5.94. The van der Waals surface area contributed by atoms with Crippen molar-refractivity contribution < 1.29 is 9.59 Å². The third kappa shape index (κ3) is 4.38. The molecule has 1 aliphatic rings. The van der Waals surface area contributed by atoms with Gasteiger partial charge in [-0.25, -0.2) is 0 Å². The number of para-hydroxylation sites is 1. The highest BCUT2D eigenvalue weighted by molar-refractivity contribution is 6.11. The summed E-state index contributed by atoms with van der Waals surface area (Å²) < 4.78 is 0.